The van der Waals surface area contributed by atoms with E-state index < -0.39 is 6.09 Å². The molecule has 3 heterocycles. The average molecular weight is 297 g/mol. The Morgan fingerprint density at radius 1 is 1.33 bits per heavy atom. The highest BCUT2D eigenvalue weighted by Crippen LogP contribution is 2.19. The van der Waals surface area contributed by atoms with E-state index in [9.17, 15) is 14.4 Å². The van der Waals surface area contributed by atoms with Gasteiger partial charge in [-0.3, -0.25) is 4.79 Å². The van der Waals surface area contributed by atoms with Crippen LogP contribution in [-0.2, 0) is 14.3 Å². The number of likely N-dealkylation sites (tertiary alicyclic amines) is 1. The molecule has 0 spiro atoms. The quantitative estimate of drug-likeness (QED) is 0.775. The van der Waals surface area contributed by atoms with Gasteiger partial charge in [0.1, 0.15) is 0 Å². The summed E-state index contributed by atoms with van der Waals surface area (Å²) in [6, 6.07) is -0.114. The first kappa shape index (κ1) is 14.1. The molecule has 0 aromatic carbocycles. The van der Waals surface area contributed by atoms with Gasteiger partial charge in [-0.05, 0) is 12.8 Å². The molecule has 3 rings (SSSR count). The Morgan fingerprint density at radius 3 is 2.76 bits per heavy atom. The van der Waals surface area contributed by atoms with E-state index in [0.29, 0.717) is 26.2 Å². The number of urea groups is 1. The third-order valence-corrected chi connectivity index (χ3v) is 4.03. The molecule has 8 nitrogen and oxygen atoms in total. The molecular weight excluding hydrogens is 278 g/mol. The molecule has 0 bridgehead atoms. The highest BCUT2D eigenvalue weighted by molar-refractivity contribution is 5.97. The summed E-state index contributed by atoms with van der Waals surface area (Å²) in [5.41, 5.74) is 0. The second-order valence-electron chi connectivity index (χ2n) is 5.65. The Hall–Kier alpha value is -1.83. The molecule has 0 aromatic heterocycles. The second-order valence-corrected chi connectivity index (χ2v) is 5.65. The molecule has 3 aliphatic heterocycles. The van der Waals surface area contributed by atoms with Crippen LogP contribution in [0.4, 0.5) is 9.59 Å². The maximum Gasteiger partial charge on any atom is 0.417 e. The van der Waals surface area contributed by atoms with Crippen LogP contribution in [-0.4, -0.2) is 73.3 Å². The van der Waals surface area contributed by atoms with Crippen LogP contribution in [0.3, 0.4) is 0 Å². The molecule has 0 aliphatic carbocycles. The number of hydrogen-bond donors (Lipinski definition) is 1. The van der Waals surface area contributed by atoms with Gasteiger partial charge in [-0.25, -0.2) is 14.5 Å². The van der Waals surface area contributed by atoms with Crippen LogP contribution in [0.1, 0.15) is 12.8 Å². The van der Waals surface area contributed by atoms with Gasteiger partial charge < -0.3 is 19.7 Å². The molecule has 1 N–H and O–H groups in total. The van der Waals surface area contributed by atoms with Crippen LogP contribution >= 0.6 is 0 Å². The van der Waals surface area contributed by atoms with Gasteiger partial charge in [0.15, 0.2) is 6.61 Å². The van der Waals surface area contributed by atoms with E-state index >= 15 is 0 Å². The average Bonchev–Trinajstić information content (AvgIpc) is 3.03. The summed E-state index contributed by atoms with van der Waals surface area (Å²) in [7, 11) is 0. The fourth-order valence-electron chi connectivity index (χ4n) is 2.79. The van der Waals surface area contributed by atoms with E-state index in [0.717, 1.165) is 24.3 Å². The Labute approximate surface area is 122 Å². The molecule has 1 atom stereocenters. The maximum absolute atomic E-state index is 11.9. The van der Waals surface area contributed by atoms with E-state index in [1.807, 2.05) is 0 Å². The Bertz CT molecular complexity index is 427. The predicted octanol–water partition coefficient (Wildman–Crippen LogP) is -0.214. The predicted molar refractivity (Wildman–Crippen MR) is 70.5 cm³/mol. The topological polar surface area (TPSA) is 88.2 Å². The fraction of sp³-hybridized carbons (Fsp3) is 0.769. The van der Waals surface area contributed by atoms with Crippen LogP contribution in [0.15, 0.2) is 0 Å². The maximum atomic E-state index is 11.9. The molecule has 21 heavy (non-hydrogen) atoms. The zero-order valence-electron chi connectivity index (χ0n) is 11.7. The summed E-state index contributed by atoms with van der Waals surface area (Å²) < 4.78 is 10.1. The summed E-state index contributed by atoms with van der Waals surface area (Å²) in [5, 5.41) is 2.85. The van der Waals surface area contributed by atoms with Crippen LogP contribution in [0.2, 0.25) is 0 Å². The van der Waals surface area contributed by atoms with Gasteiger partial charge in [0.05, 0.1) is 6.10 Å². The highest BCUT2D eigenvalue weighted by Gasteiger charge is 2.38. The fourth-order valence-corrected chi connectivity index (χ4v) is 2.79. The summed E-state index contributed by atoms with van der Waals surface area (Å²) in [4.78, 5) is 37.4. The van der Waals surface area contributed by atoms with Crippen molar-refractivity contribution in [3.05, 3.63) is 0 Å². The van der Waals surface area contributed by atoms with Crippen LogP contribution in [0.25, 0.3) is 0 Å². The lowest BCUT2D eigenvalue weighted by molar-refractivity contribution is -0.126. The Kier molecular flexibility index (Phi) is 3.96. The third kappa shape index (κ3) is 3.10. The number of nitrogens with one attached hydrogen (secondary N) is 1. The van der Waals surface area contributed by atoms with E-state index in [-0.39, 0.29) is 30.6 Å². The molecular formula is C13H19N3O5. The number of carbonyl (C=O) groups excluding carboxylic acids is 3. The largest absolute Gasteiger partial charge is 0.439 e. The molecule has 0 saturated carbocycles. The molecule has 0 radical (unpaired) electrons. The molecule has 0 aromatic rings. The van der Waals surface area contributed by atoms with E-state index in [1.165, 1.54) is 0 Å². The van der Waals surface area contributed by atoms with Crippen molar-refractivity contribution in [2.45, 2.75) is 18.9 Å². The van der Waals surface area contributed by atoms with E-state index in [1.54, 1.807) is 4.90 Å². The van der Waals surface area contributed by atoms with Crippen molar-refractivity contribution in [3.63, 3.8) is 0 Å². The van der Waals surface area contributed by atoms with Gasteiger partial charge in [0.25, 0.3) is 5.91 Å². The summed E-state index contributed by atoms with van der Waals surface area (Å²) in [6.07, 6.45) is 1.58. The molecule has 3 fully saturated rings. The minimum absolute atomic E-state index is 0.114. The van der Waals surface area contributed by atoms with Crippen molar-refractivity contribution in [2.75, 3.05) is 39.4 Å². The first-order valence-electron chi connectivity index (χ1n) is 7.25. The molecule has 4 amide bonds. The number of nitrogens with zero attached hydrogens (tertiary/aromatic N) is 2. The van der Waals surface area contributed by atoms with Crippen molar-refractivity contribution in [2.24, 2.45) is 5.92 Å². The number of imide groups is 1. The van der Waals surface area contributed by atoms with Crippen molar-refractivity contribution < 1.29 is 23.9 Å². The van der Waals surface area contributed by atoms with Gasteiger partial charge in [0.2, 0.25) is 0 Å². The van der Waals surface area contributed by atoms with Crippen molar-refractivity contribution in [1.82, 2.24) is 15.1 Å². The van der Waals surface area contributed by atoms with E-state index in [4.69, 9.17) is 4.74 Å². The lowest BCUT2D eigenvalue weighted by atomic mass is 10.0. The van der Waals surface area contributed by atoms with Crippen molar-refractivity contribution >= 4 is 18.0 Å². The number of hydrogen-bond acceptors (Lipinski definition) is 5. The minimum atomic E-state index is -0.582. The zero-order chi connectivity index (χ0) is 14.8. The Morgan fingerprint density at radius 2 is 2.14 bits per heavy atom. The molecule has 3 aliphatic rings. The van der Waals surface area contributed by atoms with Gasteiger partial charge >= 0.3 is 12.1 Å². The minimum Gasteiger partial charge on any atom is -0.439 e. The van der Waals surface area contributed by atoms with Crippen LogP contribution < -0.4 is 5.32 Å². The van der Waals surface area contributed by atoms with Crippen LogP contribution in [0.5, 0.6) is 0 Å². The number of carbonyl (C=O) groups is 3. The van der Waals surface area contributed by atoms with Gasteiger partial charge in [-0.2, -0.15) is 0 Å². The van der Waals surface area contributed by atoms with Crippen molar-refractivity contribution in [1.29, 1.82) is 0 Å². The Balaban J connectivity index is 1.36. The monoisotopic (exact) mass is 297 g/mol. The zero-order valence-corrected chi connectivity index (χ0v) is 11.7. The SMILES string of the molecule is O=C(NCC1CCCO1)N1CC(CN2C(=O)COC2=O)C1. The first-order valence-corrected chi connectivity index (χ1v) is 7.25. The molecule has 8 heteroatoms. The van der Waals surface area contributed by atoms with Gasteiger partial charge in [-0.15, -0.1) is 0 Å². The summed E-state index contributed by atoms with van der Waals surface area (Å²) in [6.45, 7) is 2.57. The number of rotatable bonds is 4. The lowest BCUT2D eigenvalue weighted by Crippen LogP contribution is -2.57. The normalized spacial score (nSPS) is 26.0. The summed E-state index contributed by atoms with van der Waals surface area (Å²) >= 11 is 0. The smallest absolute Gasteiger partial charge is 0.417 e. The third-order valence-electron chi connectivity index (χ3n) is 4.03. The van der Waals surface area contributed by atoms with Crippen molar-refractivity contribution in [3.8, 4) is 0 Å². The highest BCUT2D eigenvalue weighted by atomic mass is 16.6. The number of ether oxygens (including phenoxy) is 2. The standard InChI is InChI=1S/C13H19N3O5/c17-11-8-21-13(19)16(11)7-9-5-15(6-9)12(18)14-4-10-2-1-3-20-10/h9-10H,1-8H2,(H,14,18). The second kappa shape index (κ2) is 5.88. The van der Waals surface area contributed by atoms with Gasteiger partial charge in [0, 0.05) is 38.7 Å². The van der Waals surface area contributed by atoms with Crippen LogP contribution in [0, 0.1) is 5.92 Å². The number of cyclic esters (lactones) is 1. The first-order chi connectivity index (χ1) is 10.1. The van der Waals surface area contributed by atoms with Gasteiger partial charge in [-0.1, -0.05) is 0 Å². The molecule has 3 saturated heterocycles. The molecule has 116 valence electrons. The summed E-state index contributed by atoms with van der Waals surface area (Å²) in [5.74, 6) is -0.172. The lowest BCUT2D eigenvalue weighted by Gasteiger charge is -2.40. The number of amides is 4. The molecule has 1 unspecified atom stereocenters. The van der Waals surface area contributed by atoms with E-state index in [2.05, 4.69) is 10.1 Å².